The number of likely N-dealkylation sites (tertiary alicyclic amines) is 1. The average molecular weight is 628 g/mol. The molecule has 45 heavy (non-hydrogen) atoms. The van der Waals surface area contributed by atoms with E-state index in [1.807, 2.05) is 14.1 Å². The summed E-state index contributed by atoms with van der Waals surface area (Å²) in [6, 6.07) is 0.487. The normalized spacial score (nSPS) is 52.4. The standard InChI is InChI=1S/C37H61N3O5/c1-23-11-16-44-31-30(23)34(4)13-14-37-22-36(37)12-10-27(33(2,3)25(36)8-9-26(37)35(34,5)32(31)42)45-29-21-40(15-17-43-29)24-18-39(19-24)20-28(41)38(6)7/h23-27,29-32,42H,8-22H2,1-7H3/t23-,25+,26?,27+,29?,30+,31?,32+,34-,35?,36-,37?/m1/s1. The van der Waals surface area contributed by atoms with Crippen molar-refractivity contribution in [1.82, 2.24) is 14.7 Å². The molecule has 5 aliphatic carbocycles. The Morgan fingerprint density at radius 3 is 2.42 bits per heavy atom. The average Bonchev–Trinajstić information content (AvgIpc) is 3.61. The first kappa shape index (κ1) is 31.5. The summed E-state index contributed by atoms with van der Waals surface area (Å²) in [5.74, 6) is 2.55. The van der Waals surface area contributed by atoms with Gasteiger partial charge in [0.05, 0.1) is 31.5 Å². The monoisotopic (exact) mass is 627 g/mol. The molecule has 12 atom stereocenters. The number of aliphatic hydroxyl groups is 1. The fraction of sp³-hybridized carbons (Fsp3) is 0.973. The quantitative estimate of drug-likeness (QED) is 0.489. The van der Waals surface area contributed by atoms with Gasteiger partial charge in [-0.3, -0.25) is 14.6 Å². The first-order valence-electron chi connectivity index (χ1n) is 18.5. The molecule has 0 aromatic heterocycles. The molecular formula is C37H61N3O5. The van der Waals surface area contributed by atoms with Gasteiger partial charge >= 0.3 is 0 Å². The van der Waals surface area contributed by atoms with Crippen LogP contribution in [-0.4, -0.2) is 116 Å². The van der Waals surface area contributed by atoms with Crippen molar-refractivity contribution in [3.63, 3.8) is 0 Å². The maximum Gasteiger partial charge on any atom is 0.236 e. The highest BCUT2D eigenvalue weighted by Gasteiger charge is 2.84. The summed E-state index contributed by atoms with van der Waals surface area (Å²) in [5.41, 5.74) is 0.971. The maximum atomic E-state index is 12.1. The van der Waals surface area contributed by atoms with Crippen molar-refractivity contribution in [2.24, 2.45) is 50.7 Å². The molecule has 8 nitrogen and oxygen atoms in total. The lowest BCUT2D eigenvalue weighted by atomic mass is 9.41. The number of hydrogen-bond acceptors (Lipinski definition) is 7. The summed E-state index contributed by atoms with van der Waals surface area (Å²) >= 11 is 0. The van der Waals surface area contributed by atoms with Crippen molar-refractivity contribution in [3.8, 4) is 0 Å². The minimum Gasteiger partial charge on any atom is -0.390 e. The molecule has 0 radical (unpaired) electrons. The predicted molar refractivity (Wildman–Crippen MR) is 172 cm³/mol. The first-order valence-corrected chi connectivity index (χ1v) is 18.5. The number of carbonyl (C=O) groups excluding carboxylic acids is 1. The molecule has 8 aliphatic rings. The van der Waals surface area contributed by atoms with Gasteiger partial charge in [-0.15, -0.1) is 0 Å². The Kier molecular flexibility index (Phi) is 7.26. The van der Waals surface area contributed by atoms with Gasteiger partial charge in [0.25, 0.3) is 0 Å². The molecule has 1 amide bonds. The van der Waals surface area contributed by atoms with Crippen LogP contribution < -0.4 is 0 Å². The highest BCUT2D eigenvalue weighted by molar-refractivity contribution is 5.77. The van der Waals surface area contributed by atoms with E-state index < -0.39 is 0 Å². The fourth-order valence-electron chi connectivity index (χ4n) is 13.9. The van der Waals surface area contributed by atoms with E-state index in [2.05, 4.69) is 44.4 Å². The minimum absolute atomic E-state index is 0.0190. The number of fused-ring (bicyclic) bond motifs is 4. The summed E-state index contributed by atoms with van der Waals surface area (Å²) in [7, 11) is 3.66. The second kappa shape index (κ2) is 10.4. The van der Waals surface area contributed by atoms with Crippen molar-refractivity contribution in [1.29, 1.82) is 0 Å². The van der Waals surface area contributed by atoms with E-state index in [-0.39, 0.29) is 46.8 Å². The van der Waals surface area contributed by atoms with Gasteiger partial charge in [-0.1, -0.05) is 34.6 Å². The van der Waals surface area contributed by atoms with Gasteiger partial charge in [0, 0.05) is 58.3 Å². The number of rotatable bonds is 5. The van der Waals surface area contributed by atoms with Gasteiger partial charge in [-0.2, -0.15) is 0 Å². The predicted octanol–water partition coefficient (Wildman–Crippen LogP) is 4.25. The zero-order chi connectivity index (χ0) is 31.7. The van der Waals surface area contributed by atoms with Crippen LogP contribution in [0.4, 0.5) is 0 Å². The van der Waals surface area contributed by atoms with Gasteiger partial charge in [0.1, 0.15) is 0 Å². The molecule has 8 heteroatoms. The number of hydrogen-bond donors (Lipinski definition) is 1. The van der Waals surface area contributed by atoms with Crippen molar-refractivity contribution in [2.45, 2.75) is 117 Å². The van der Waals surface area contributed by atoms with Gasteiger partial charge in [0.2, 0.25) is 5.91 Å². The van der Waals surface area contributed by atoms with Crippen LogP contribution in [0, 0.1) is 50.7 Å². The Morgan fingerprint density at radius 2 is 1.67 bits per heavy atom. The summed E-state index contributed by atoms with van der Waals surface area (Å²) in [5, 5.41) is 12.1. The van der Waals surface area contributed by atoms with Crippen LogP contribution in [0.25, 0.3) is 0 Å². The van der Waals surface area contributed by atoms with Crippen molar-refractivity contribution in [3.05, 3.63) is 0 Å². The first-order chi connectivity index (χ1) is 21.3. The molecule has 0 aromatic carbocycles. The SMILES string of the molecule is C[C@@H]1CCOC2[C@H]1[C@@]1(C)CCC34C[C@@]35CC[C@H](OC3CN(C6CN(CC(=O)N(C)C)C6)CCO3)C(C)(C)[C@@H]5CCC4C1(C)[C@H]2O. The molecule has 3 aliphatic heterocycles. The van der Waals surface area contributed by atoms with E-state index in [1.54, 1.807) is 4.90 Å². The molecule has 3 heterocycles. The Hall–Kier alpha value is -0.770. The van der Waals surface area contributed by atoms with E-state index in [9.17, 15) is 9.90 Å². The molecule has 5 saturated carbocycles. The lowest BCUT2D eigenvalue weighted by Crippen LogP contribution is -2.64. The van der Waals surface area contributed by atoms with E-state index in [0.717, 1.165) is 45.6 Å². The van der Waals surface area contributed by atoms with E-state index in [4.69, 9.17) is 14.2 Å². The number of carbonyl (C=O) groups is 1. The van der Waals surface area contributed by atoms with Gasteiger partial charge < -0.3 is 24.2 Å². The summed E-state index contributed by atoms with van der Waals surface area (Å²) in [4.78, 5) is 18.6. The Balaban J connectivity index is 0.947. The highest BCUT2D eigenvalue weighted by atomic mass is 16.7. The van der Waals surface area contributed by atoms with Crippen LogP contribution in [0.5, 0.6) is 0 Å². The fourth-order valence-corrected chi connectivity index (χ4v) is 13.9. The molecule has 8 fully saturated rings. The third kappa shape index (κ3) is 4.14. The topological polar surface area (TPSA) is 74.7 Å². The summed E-state index contributed by atoms with van der Waals surface area (Å²) < 4.78 is 19.7. The van der Waals surface area contributed by atoms with Crippen LogP contribution in [0.15, 0.2) is 0 Å². The van der Waals surface area contributed by atoms with Crippen LogP contribution in [0.1, 0.15) is 86.0 Å². The molecular weight excluding hydrogens is 566 g/mol. The third-order valence-electron chi connectivity index (χ3n) is 16.4. The van der Waals surface area contributed by atoms with Gasteiger partial charge in [-0.25, -0.2) is 0 Å². The molecule has 5 unspecified atom stereocenters. The number of amides is 1. The van der Waals surface area contributed by atoms with Crippen LogP contribution >= 0.6 is 0 Å². The Labute approximate surface area is 271 Å². The van der Waals surface area contributed by atoms with E-state index in [1.165, 1.54) is 38.5 Å². The van der Waals surface area contributed by atoms with Crippen LogP contribution in [-0.2, 0) is 19.0 Å². The number of ether oxygens (including phenoxy) is 3. The molecule has 8 rings (SSSR count). The molecule has 0 bridgehead atoms. The van der Waals surface area contributed by atoms with E-state index >= 15 is 0 Å². The van der Waals surface area contributed by atoms with Crippen molar-refractivity contribution >= 4 is 5.91 Å². The lowest BCUT2D eigenvalue weighted by molar-refractivity contribution is -0.253. The smallest absolute Gasteiger partial charge is 0.236 e. The number of nitrogens with zero attached hydrogens (tertiary/aromatic N) is 3. The van der Waals surface area contributed by atoms with Crippen LogP contribution in [0.3, 0.4) is 0 Å². The number of morpholine rings is 1. The second-order valence-electron chi connectivity index (χ2n) is 18.4. The molecule has 254 valence electrons. The van der Waals surface area contributed by atoms with Crippen LogP contribution in [0.2, 0.25) is 0 Å². The number of likely N-dealkylation sites (N-methyl/N-ethyl adjacent to an activating group) is 1. The maximum absolute atomic E-state index is 12.1. The lowest BCUT2D eigenvalue weighted by Gasteiger charge is -2.64. The molecule has 2 spiro atoms. The summed E-state index contributed by atoms with van der Waals surface area (Å²) in [6.07, 6.45) is 9.66. The number of aliphatic hydroxyl groups excluding tert-OH is 1. The largest absolute Gasteiger partial charge is 0.390 e. The zero-order valence-electron chi connectivity index (χ0n) is 29.2. The Morgan fingerprint density at radius 1 is 0.933 bits per heavy atom. The third-order valence-corrected chi connectivity index (χ3v) is 16.4. The van der Waals surface area contributed by atoms with Crippen molar-refractivity contribution in [2.75, 3.05) is 60.0 Å². The molecule has 3 saturated heterocycles. The highest BCUT2D eigenvalue weighted by Crippen LogP contribution is 2.89. The zero-order valence-corrected chi connectivity index (χ0v) is 29.2. The molecule has 0 aromatic rings. The van der Waals surface area contributed by atoms with E-state index in [0.29, 0.717) is 53.7 Å². The van der Waals surface area contributed by atoms with Gasteiger partial charge in [0.15, 0.2) is 6.29 Å². The summed E-state index contributed by atoms with van der Waals surface area (Å²) in [6.45, 7) is 18.2. The second-order valence-corrected chi connectivity index (χ2v) is 18.4. The molecule has 1 N–H and O–H groups in total. The van der Waals surface area contributed by atoms with Crippen molar-refractivity contribution < 1.29 is 24.1 Å². The Bertz CT molecular complexity index is 1190. The van der Waals surface area contributed by atoms with Gasteiger partial charge in [-0.05, 0) is 96.7 Å². The minimum atomic E-state index is -0.345.